The molecule has 0 atom stereocenters. The zero-order valence-corrected chi connectivity index (χ0v) is 14.0. The average Bonchev–Trinajstić information content (AvgIpc) is 2.24. The van der Waals surface area contributed by atoms with E-state index in [2.05, 4.69) is 13.8 Å². The number of hydrogen-bond acceptors (Lipinski definition) is 3. The van der Waals surface area contributed by atoms with E-state index in [1.54, 1.807) is 0 Å². The van der Waals surface area contributed by atoms with Gasteiger partial charge in [-0.1, -0.05) is 41.5 Å². The monoisotopic (exact) mass is 272 g/mol. The number of carbonyl (C=O) groups is 1. The highest BCUT2D eigenvalue weighted by Gasteiger charge is 2.30. The van der Waals surface area contributed by atoms with Crippen LogP contribution in [0.4, 0.5) is 0 Å². The molecule has 0 heterocycles. The van der Waals surface area contributed by atoms with E-state index in [4.69, 9.17) is 9.47 Å². The van der Waals surface area contributed by atoms with Gasteiger partial charge in [0.1, 0.15) is 5.78 Å². The first-order valence-electron chi connectivity index (χ1n) is 7.21. The minimum atomic E-state index is -0.414. The molecule has 0 aliphatic heterocycles. The molecule has 0 aromatic rings. The van der Waals surface area contributed by atoms with Crippen molar-refractivity contribution in [3.63, 3.8) is 0 Å². The molecular weight excluding hydrogens is 240 g/mol. The SMILES string of the molecule is CC(C)OCC(C)(C)COCC(C)(C)C(=O)C(C)C. The molecule has 0 aliphatic rings. The minimum Gasteiger partial charge on any atom is -0.380 e. The van der Waals surface area contributed by atoms with Gasteiger partial charge in [-0.05, 0) is 13.8 Å². The Bertz CT molecular complexity index is 278. The third-order valence-electron chi connectivity index (χ3n) is 2.95. The molecule has 0 aromatic heterocycles. The lowest BCUT2D eigenvalue weighted by atomic mass is 9.83. The van der Waals surface area contributed by atoms with E-state index in [1.807, 2.05) is 41.5 Å². The van der Waals surface area contributed by atoms with Crippen LogP contribution in [0.1, 0.15) is 55.4 Å². The number of hydrogen-bond donors (Lipinski definition) is 0. The molecule has 0 amide bonds. The van der Waals surface area contributed by atoms with E-state index in [1.165, 1.54) is 0 Å². The second-order valence-corrected chi connectivity index (χ2v) is 7.42. The third kappa shape index (κ3) is 7.68. The number of Topliss-reactive ketones (excluding diaryl/α,β-unsaturated/α-hetero) is 1. The second-order valence-electron chi connectivity index (χ2n) is 7.42. The highest BCUT2D eigenvalue weighted by molar-refractivity contribution is 5.85. The van der Waals surface area contributed by atoms with Crippen LogP contribution < -0.4 is 0 Å². The fourth-order valence-electron chi connectivity index (χ4n) is 1.87. The van der Waals surface area contributed by atoms with Gasteiger partial charge in [0.2, 0.25) is 0 Å². The van der Waals surface area contributed by atoms with Crippen molar-refractivity contribution in [2.45, 2.75) is 61.5 Å². The van der Waals surface area contributed by atoms with Crippen molar-refractivity contribution in [3.05, 3.63) is 0 Å². The van der Waals surface area contributed by atoms with Crippen molar-refractivity contribution in [2.75, 3.05) is 19.8 Å². The molecule has 3 heteroatoms. The summed E-state index contributed by atoms with van der Waals surface area (Å²) < 4.78 is 11.4. The third-order valence-corrected chi connectivity index (χ3v) is 2.95. The molecule has 0 saturated carbocycles. The van der Waals surface area contributed by atoms with Crippen LogP contribution in [0, 0.1) is 16.7 Å². The van der Waals surface area contributed by atoms with Crippen LogP contribution >= 0.6 is 0 Å². The van der Waals surface area contributed by atoms with E-state index in [-0.39, 0.29) is 23.2 Å². The minimum absolute atomic E-state index is 0.0266. The van der Waals surface area contributed by atoms with Crippen LogP contribution in [0.3, 0.4) is 0 Å². The Balaban J connectivity index is 4.17. The lowest BCUT2D eigenvalue weighted by Gasteiger charge is -2.29. The number of ether oxygens (including phenoxy) is 2. The van der Waals surface area contributed by atoms with Crippen molar-refractivity contribution in [1.82, 2.24) is 0 Å². The molecule has 19 heavy (non-hydrogen) atoms. The lowest BCUT2D eigenvalue weighted by molar-refractivity contribution is -0.134. The maximum Gasteiger partial charge on any atom is 0.143 e. The molecular formula is C16H32O3. The number of ketones is 1. The molecule has 0 radical (unpaired) electrons. The van der Waals surface area contributed by atoms with Gasteiger partial charge >= 0.3 is 0 Å². The molecule has 0 fully saturated rings. The van der Waals surface area contributed by atoms with Crippen molar-refractivity contribution in [2.24, 2.45) is 16.7 Å². The summed E-state index contributed by atoms with van der Waals surface area (Å²) in [7, 11) is 0. The van der Waals surface area contributed by atoms with Crippen LogP contribution in [-0.4, -0.2) is 31.7 Å². The summed E-state index contributed by atoms with van der Waals surface area (Å²) in [5.74, 6) is 0.305. The van der Waals surface area contributed by atoms with Gasteiger partial charge in [0, 0.05) is 16.7 Å². The quantitative estimate of drug-likeness (QED) is 0.642. The molecule has 3 nitrogen and oxygen atoms in total. The van der Waals surface area contributed by atoms with Gasteiger partial charge in [-0.3, -0.25) is 4.79 Å². The predicted octanol–water partition coefficient (Wildman–Crippen LogP) is 3.71. The topological polar surface area (TPSA) is 35.5 Å². The largest absolute Gasteiger partial charge is 0.380 e. The fourth-order valence-corrected chi connectivity index (χ4v) is 1.87. The highest BCUT2D eigenvalue weighted by atomic mass is 16.5. The normalized spacial score (nSPS) is 13.4. The summed E-state index contributed by atoms with van der Waals surface area (Å²) in [4.78, 5) is 12.0. The van der Waals surface area contributed by atoms with Crippen LogP contribution in [0.25, 0.3) is 0 Å². The van der Waals surface area contributed by atoms with Crippen LogP contribution in [0.15, 0.2) is 0 Å². The van der Waals surface area contributed by atoms with Gasteiger partial charge in [-0.15, -0.1) is 0 Å². The van der Waals surface area contributed by atoms with E-state index in [0.717, 1.165) is 0 Å². The van der Waals surface area contributed by atoms with Crippen molar-refractivity contribution >= 4 is 5.78 Å². The predicted molar refractivity (Wildman–Crippen MR) is 79.3 cm³/mol. The Kier molecular flexibility index (Phi) is 7.23. The van der Waals surface area contributed by atoms with Gasteiger partial charge in [0.15, 0.2) is 0 Å². The molecule has 0 saturated heterocycles. The van der Waals surface area contributed by atoms with Gasteiger partial charge in [0.05, 0.1) is 25.9 Å². The highest BCUT2D eigenvalue weighted by Crippen LogP contribution is 2.24. The Morgan fingerprint density at radius 2 is 1.47 bits per heavy atom. The van der Waals surface area contributed by atoms with Crippen molar-refractivity contribution in [1.29, 1.82) is 0 Å². The Morgan fingerprint density at radius 3 is 1.89 bits per heavy atom. The van der Waals surface area contributed by atoms with E-state index in [9.17, 15) is 4.79 Å². The summed E-state index contributed by atoms with van der Waals surface area (Å²) in [6.45, 7) is 17.8. The molecule has 0 spiro atoms. The molecule has 0 bridgehead atoms. The van der Waals surface area contributed by atoms with Gasteiger partial charge in [-0.25, -0.2) is 0 Å². The fraction of sp³-hybridized carbons (Fsp3) is 0.938. The summed E-state index contributed by atoms with van der Waals surface area (Å²) in [6.07, 6.45) is 0.234. The van der Waals surface area contributed by atoms with Gasteiger partial charge in [0.25, 0.3) is 0 Å². The first kappa shape index (κ1) is 18.6. The zero-order chi connectivity index (χ0) is 15.3. The molecule has 0 N–H and O–H groups in total. The Labute approximate surface area is 119 Å². The first-order valence-corrected chi connectivity index (χ1v) is 7.21. The summed E-state index contributed by atoms with van der Waals surface area (Å²) in [5.41, 5.74) is -0.440. The standard InChI is InChI=1S/C16H32O3/c1-12(2)14(17)16(7,8)11-18-9-15(5,6)10-19-13(3)4/h12-13H,9-11H2,1-8H3. The van der Waals surface area contributed by atoms with E-state index >= 15 is 0 Å². The molecule has 114 valence electrons. The Morgan fingerprint density at radius 1 is 0.947 bits per heavy atom. The summed E-state index contributed by atoms with van der Waals surface area (Å²) >= 11 is 0. The summed E-state index contributed by atoms with van der Waals surface area (Å²) in [5, 5.41) is 0. The molecule has 0 unspecified atom stereocenters. The first-order chi connectivity index (χ1) is 8.48. The van der Waals surface area contributed by atoms with Crippen LogP contribution in [0.5, 0.6) is 0 Å². The van der Waals surface area contributed by atoms with Crippen molar-refractivity contribution < 1.29 is 14.3 Å². The van der Waals surface area contributed by atoms with Gasteiger partial charge < -0.3 is 9.47 Å². The van der Waals surface area contributed by atoms with E-state index < -0.39 is 5.41 Å². The number of rotatable bonds is 9. The zero-order valence-electron chi connectivity index (χ0n) is 14.0. The number of carbonyl (C=O) groups excluding carboxylic acids is 1. The lowest BCUT2D eigenvalue weighted by Crippen LogP contribution is -2.35. The smallest absolute Gasteiger partial charge is 0.143 e. The maximum atomic E-state index is 12.0. The van der Waals surface area contributed by atoms with Crippen LogP contribution in [0.2, 0.25) is 0 Å². The Hall–Kier alpha value is -0.410. The molecule has 0 aromatic carbocycles. The molecule has 0 rings (SSSR count). The maximum absolute atomic E-state index is 12.0. The van der Waals surface area contributed by atoms with Crippen molar-refractivity contribution in [3.8, 4) is 0 Å². The van der Waals surface area contributed by atoms with Crippen LogP contribution in [-0.2, 0) is 14.3 Å². The van der Waals surface area contributed by atoms with E-state index in [0.29, 0.717) is 19.8 Å². The summed E-state index contributed by atoms with van der Waals surface area (Å²) in [6, 6.07) is 0. The average molecular weight is 272 g/mol. The second kappa shape index (κ2) is 7.39. The molecule has 0 aliphatic carbocycles. The van der Waals surface area contributed by atoms with Gasteiger partial charge in [-0.2, -0.15) is 0 Å².